The summed E-state index contributed by atoms with van der Waals surface area (Å²) < 4.78 is 18.7. The molecule has 1 atom stereocenters. The molecule has 0 aromatic carbocycles. The van der Waals surface area contributed by atoms with Crippen molar-refractivity contribution in [1.82, 2.24) is 10.1 Å². The number of nitrogens with zero attached hydrogens (tertiary/aromatic N) is 2. The Bertz CT molecular complexity index is 335. The number of hydrogen-bond acceptors (Lipinski definition) is 3. The minimum atomic E-state index is -1.04. The largest absolute Gasteiger partial charge is 0.361 e. The Morgan fingerprint density at radius 1 is 1.67 bits per heavy atom. The van der Waals surface area contributed by atoms with E-state index in [1.54, 1.807) is 6.92 Å². The Balaban J connectivity index is 1.95. The van der Waals surface area contributed by atoms with Gasteiger partial charge in [0.25, 0.3) is 0 Å². The first kappa shape index (κ1) is 10.6. The summed E-state index contributed by atoms with van der Waals surface area (Å²) in [7, 11) is 0. The van der Waals surface area contributed by atoms with Gasteiger partial charge in [-0.15, -0.1) is 0 Å². The van der Waals surface area contributed by atoms with Crippen molar-refractivity contribution in [3.05, 3.63) is 17.5 Å². The molecule has 2 heterocycles. The highest BCUT2D eigenvalue weighted by Gasteiger charge is 2.30. The van der Waals surface area contributed by atoms with Crippen LogP contribution < -0.4 is 0 Å². The molecule has 0 N–H and O–H groups in total. The molecule has 0 bridgehead atoms. The SMILES string of the molecule is Cc1cc(CN2CCCC(C)(F)C2)no1. The lowest BCUT2D eigenvalue weighted by atomic mass is 9.97. The lowest BCUT2D eigenvalue weighted by Gasteiger charge is -2.34. The highest BCUT2D eigenvalue weighted by Crippen LogP contribution is 2.25. The number of aryl methyl sites for hydroxylation is 1. The highest BCUT2D eigenvalue weighted by molar-refractivity contribution is 5.03. The van der Waals surface area contributed by atoms with Crippen LogP contribution >= 0.6 is 0 Å². The van der Waals surface area contributed by atoms with E-state index in [4.69, 9.17) is 4.52 Å². The Morgan fingerprint density at radius 3 is 3.07 bits per heavy atom. The van der Waals surface area contributed by atoms with Gasteiger partial charge in [0.05, 0.1) is 5.69 Å². The maximum atomic E-state index is 13.7. The Hall–Kier alpha value is -0.900. The van der Waals surface area contributed by atoms with Crippen LogP contribution in [-0.4, -0.2) is 28.8 Å². The van der Waals surface area contributed by atoms with Gasteiger partial charge in [0.1, 0.15) is 11.4 Å². The summed E-state index contributed by atoms with van der Waals surface area (Å²) >= 11 is 0. The fourth-order valence-electron chi connectivity index (χ4n) is 2.15. The predicted octanol–water partition coefficient (Wildman–Crippen LogP) is 2.31. The number of hydrogen-bond donors (Lipinski definition) is 0. The standard InChI is InChI=1S/C11H17FN2O/c1-9-6-10(13-15-9)7-14-5-3-4-11(2,12)8-14/h6H,3-5,7-8H2,1-2H3. The predicted molar refractivity (Wildman–Crippen MR) is 55.3 cm³/mol. The Labute approximate surface area is 89.2 Å². The maximum Gasteiger partial charge on any atom is 0.133 e. The Morgan fingerprint density at radius 2 is 2.47 bits per heavy atom. The van der Waals surface area contributed by atoms with Crippen LogP contribution in [-0.2, 0) is 6.54 Å². The van der Waals surface area contributed by atoms with Gasteiger partial charge in [-0.3, -0.25) is 4.90 Å². The van der Waals surface area contributed by atoms with E-state index in [0.717, 1.165) is 24.4 Å². The third-order valence-corrected chi connectivity index (χ3v) is 2.79. The molecule has 1 fully saturated rings. The topological polar surface area (TPSA) is 29.3 Å². The fraction of sp³-hybridized carbons (Fsp3) is 0.727. The molecule has 1 aliphatic rings. The molecule has 0 amide bonds. The van der Waals surface area contributed by atoms with Crippen LogP contribution in [0.5, 0.6) is 0 Å². The van der Waals surface area contributed by atoms with Crippen molar-refractivity contribution in [2.45, 2.75) is 38.9 Å². The average Bonchev–Trinajstić information content (AvgIpc) is 2.49. The number of rotatable bonds is 2. The molecule has 1 unspecified atom stereocenters. The molecule has 15 heavy (non-hydrogen) atoms. The number of piperidine rings is 1. The second-order valence-electron chi connectivity index (χ2n) is 4.66. The van der Waals surface area contributed by atoms with Gasteiger partial charge in [0.2, 0.25) is 0 Å². The monoisotopic (exact) mass is 212 g/mol. The van der Waals surface area contributed by atoms with E-state index in [1.807, 2.05) is 13.0 Å². The summed E-state index contributed by atoms with van der Waals surface area (Å²) in [5.41, 5.74) is -0.151. The third kappa shape index (κ3) is 2.78. The van der Waals surface area contributed by atoms with Gasteiger partial charge in [-0.05, 0) is 33.2 Å². The summed E-state index contributed by atoms with van der Waals surface area (Å²) in [5.74, 6) is 0.810. The molecule has 0 spiro atoms. The van der Waals surface area contributed by atoms with Crippen LogP contribution in [0.1, 0.15) is 31.2 Å². The van der Waals surface area contributed by atoms with Gasteiger partial charge in [-0.25, -0.2) is 4.39 Å². The van der Waals surface area contributed by atoms with Crippen molar-refractivity contribution in [2.75, 3.05) is 13.1 Å². The smallest absolute Gasteiger partial charge is 0.133 e. The van der Waals surface area contributed by atoms with E-state index in [-0.39, 0.29) is 0 Å². The number of halogens is 1. The molecular weight excluding hydrogens is 195 g/mol. The highest BCUT2D eigenvalue weighted by atomic mass is 19.1. The van der Waals surface area contributed by atoms with Crippen LogP contribution in [0.15, 0.2) is 10.6 Å². The van der Waals surface area contributed by atoms with Gasteiger partial charge in [0.15, 0.2) is 0 Å². The minimum Gasteiger partial charge on any atom is -0.361 e. The molecule has 1 aliphatic heterocycles. The lowest BCUT2D eigenvalue weighted by molar-refractivity contribution is 0.0551. The number of aromatic nitrogens is 1. The van der Waals surface area contributed by atoms with Crippen molar-refractivity contribution < 1.29 is 8.91 Å². The molecule has 0 aliphatic carbocycles. The summed E-state index contributed by atoms with van der Waals surface area (Å²) in [4.78, 5) is 2.10. The van der Waals surface area contributed by atoms with Crippen LogP contribution in [0.3, 0.4) is 0 Å². The zero-order valence-electron chi connectivity index (χ0n) is 9.29. The fourth-order valence-corrected chi connectivity index (χ4v) is 2.15. The summed E-state index contributed by atoms with van der Waals surface area (Å²) in [6.07, 6.45) is 1.59. The first-order valence-corrected chi connectivity index (χ1v) is 5.39. The van der Waals surface area contributed by atoms with E-state index in [0.29, 0.717) is 19.5 Å². The van der Waals surface area contributed by atoms with Gasteiger partial charge in [-0.2, -0.15) is 0 Å². The van der Waals surface area contributed by atoms with Crippen LogP contribution in [0.25, 0.3) is 0 Å². The summed E-state index contributed by atoms with van der Waals surface area (Å²) in [6, 6.07) is 1.91. The van der Waals surface area contributed by atoms with Crippen molar-refractivity contribution in [3.63, 3.8) is 0 Å². The molecule has 84 valence electrons. The van der Waals surface area contributed by atoms with Gasteiger partial charge in [0, 0.05) is 19.2 Å². The quantitative estimate of drug-likeness (QED) is 0.753. The van der Waals surface area contributed by atoms with E-state index in [1.165, 1.54) is 0 Å². The van der Waals surface area contributed by atoms with E-state index in [2.05, 4.69) is 10.1 Å². The molecule has 4 heteroatoms. The van der Waals surface area contributed by atoms with Gasteiger partial charge >= 0.3 is 0 Å². The van der Waals surface area contributed by atoms with Crippen LogP contribution in [0.4, 0.5) is 4.39 Å². The third-order valence-electron chi connectivity index (χ3n) is 2.79. The first-order valence-electron chi connectivity index (χ1n) is 5.39. The minimum absolute atomic E-state index is 0.499. The summed E-state index contributed by atoms with van der Waals surface area (Å²) in [5, 5.41) is 3.92. The van der Waals surface area contributed by atoms with E-state index in [9.17, 15) is 4.39 Å². The van der Waals surface area contributed by atoms with Crippen LogP contribution in [0, 0.1) is 6.92 Å². The number of alkyl halides is 1. The van der Waals surface area contributed by atoms with Crippen molar-refractivity contribution >= 4 is 0 Å². The molecule has 1 aromatic heterocycles. The van der Waals surface area contributed by atoms with E-state index < -0.39 is 5.67 Å². The molecular formula is C11H17FN2O. The van der Waals surface area contributed by atoms with Crippen molar-refractivity contribution in [1.29, 1.82) is 0 Å². The maximum absolute atomic E-state index is 13.7. The second kappa shape index (κ2) is 3.93. The van der Waals surface area contributed by atoms with Gasteiger partial charge < -0.3 is 4.52 Å². The molecule has 3 nitrogen and oxygen atoms in total. The molecule has 2 rings (SSSR count). The molecule has 1 aromatic rings. The second-order valence-corrected chi connectivity index (χ2v) is 4.66. The first-order chi connectivity index (χ1) is 7.05. The van der Waals surface area contributed by atoms with Crippen molar-refractivity contribution in [3.8, 4) is 0 Å². The Kier molecular flexibility index (Phi) is 2.78. The molecule has 0 radical (unpaired) electrons. The summed E-state index contributed by atoms with van der Waals surface area (Å²) in [6.45, 7) is 5.68. The average molecular weight is 212 g/mol. The van der Waals surface area contributed by atoms with Crippen LogP contribution in [0.2, 0.25) is 0 Å². The molecule has 0 saturated carbocycles. The van der Waals surface area contributed by atoms with Gasteiger partial charge in [-0.1, -0.05) is 5.16 Å². The molecule has 1 saturated heterocycles. The normalized spacial score (nSPS) is 28.2. The van der Waals surface area contributed by atoms with E-state index >= 15 is 0 Å². The zero-order chi connectivity index (χ0) is 10.9. The zero-order valence-corrected chi connectivity index (χ0v) is 9.29. The van der Waals surface area contributed by atoms with Crippen molar-refractivity contribution in [2.24, 2.45) is 0 Å². The number of likely N-dealkylation sites (tertiary alicyclic amines) is 1. The lowest BCUT2D eigenvalue weighted by Crippen LogP contribution is -2.42.